The number of anilines is 1. The maximum absolute atomic E-state index is 12.8. The van der Waals surface area contributed by atoms with Crippen molar-refractivity contribution in [1.29, 1.82) is 0 Å². The molecule has 0 saturated carbocycles. The van der Waals surface area contributed by atoms with Crippen LogP contribution in [0.4, 0.5) is 10.5 Å². The first-order valence-corrected chi connectivity index (χ1v) is 11.6. The molecule has 0 radical (unpaired) electrons. The number of urea groups is 1. The third kappa shape index (κ3) is 9.03. The number of amides is 2. The van der Waals surface area contributed by atoms with E-state index in [1.54, 1.807) is 6.92 Å². The Balaban J connectivity index is 2.30. The molecule has 1 fully saturated rings. The minimum absolute atomic E-state index is 0.206. The van der Waals surface area contributed by atoms with E-state index in [0.29, 0.717) is 5.69 Å². The molecule has 0 aliphatic carbocycles. The average Bonchev–Trinajstić information content (AvgIpc) is 2.81. The number of ether oxygens (including phenoxy) is 6. The van der Waals surface area contributed by atoms with Gasteiger partial charge in [0.15, 0.2) is 24.5 Å². The molecule has 2 N–H and O–H groups in total. The van der Waals surface area contributed by atoms with E-state index < -0.39 is 73.1 Å². The Bertz CT molecular complexity index is 1040. The van der Waals surface area contributed by atoms with Gasteiger partial charge < -0.3 is 39.1 Å². The zero-order valence-corrected chi connectivity index (χ0v) is 21.5. The Kier molecular flexibility index (Phi) is 11.0. The molecule has 1 aromatic carbocycles. The molecule has 0 bridgehead atoms. The molecule has 0 spiro atoms. The van der Waals surface area contributed by atoms with Crippen LogP contribution in [0.3, 0.4) is 0 Å². The second-order valence-corrected chi connectivity index (χ2v) is 8.02. The van der Waals surface area contributed by atoms with E-state index >= 15 is 0 Å². The smallest absolute Gasteiger partial charge is 0.338 e. The van der Waals surface area contributed by atoms with Gasteiger partial charge in [-0.15, -0.1) is 0 Å². The monoisotopic (exact) mass is 538 g/mol. The summed E-state index contributed by atoms with van der Waals surface area (Å²) in [5.41, 5.74) is 0.568. The molecule has 14 nitrogen and oxygen atoms in total. The summed E-state index contributed by atoms with van der Waals surface area (Å²) in [6.07, 6.45) is -6.88. The van der Waals surface area contributed by atoms with Crippen molar-refractivity contribution in [3.05, 3.63) is 29.8 Å². The zero-order chi connectivity index (χ0) is 28.4. The van der Waals surface area contributed by atoms with Crippen molar-refractivity contribution in [2.75, 3.05) is 18.5 Å². The summed E-state index contributed by atoms with van der Waals surface area (Å²) >= 11 is 0. The first-order chi connectivity index (χ1) is 17.9. The minimum Gasteiger partial charge on any atom is -0.463 e. The molecule has 0 unspecified atom stereocenters. The third-order valence-corrected chi connectivity index (χ3v) is 4.92. The van der Waals surface area contributed by atoms with E-state index in [1.807, 2.05) is 0 Å². The molecule has 1 aliphatic rings. The summed E-state index contributed by atoms with van der Waals surface area (Å²) in [5.74, 6) is -3.59. The van der Waals surface area contributed by atoms with Crippen molar-refractivity contribution in [2.45, 2.75) is 65.3 Å². The van der Waals surface area contributed by atoms with E-state index in [4.69, 9.17) is 28.4 Å². The van der Waals surface area contributed by atoms with Gasteiger partial charge in [-0.1, -0.05) is 0 Å². The van der Waals surface area contributed by atoms with Gasteiger partial charge in [0.25, 0.3) is 0 Å². The number of esters is 5. The van der Waals surface area contributed by atoms with Gasteiger partial charge >= 0.3 is 35.9 Å². The van der Waals surface area contributed by atoms with Crippen LogP contribution in [0.5, 0.6) is 0 Å². The van der Waals surface area contributed by atoms with Crippen LogP contribution in [-0.4, -0.2) is 79.7 Å². The number of hydrogen-bond acceptors (Lipinski definition) is 12. The second kappa shape index (κ2) is 13.9. The van der Waals surface area contributed by atoms with Crippen LogP contribution in [0.15, 0.2) is 24.3 Å². The fraction of sp³-hybridized carbons (Fsp3) is 0.500. The van der Waals surface area contributed by atoms with Crippen molar-refractivity contribution in [1.82, 2.24) is 5.32 Å². The number of rotatable bonds is 9. The summed E-state index contributed by atoms with van der Waals surface area (Å²) in [6, 6.07) is 4.98. The molecule has 38 heavy (non-hydrogen) atoms. The van der Waals surface area contributed by atoms with Crippen LogP contribution in [-0.2, 0) is 47.6 Å². The van der Waals surface area contributed by atoms with Gasteiger partial charge in [-0.2, -0.15) is 0 Å². The first kappa shape index (κ1) is 30.0. The lowest BCUT2D eigenvalue weighted by molar-refractivity contribution is -0.255. The molecule has 0 aromatic heterocycles. The third-order valence-electron chi connectivity index (χ3n) is 4.92. The second-order valence-electron chi connectivity index (χ2n) is 8.02. The summed E-state index contributed by atoms with van der Waals surface area (Å²) in [7, 11) is 0. The maximum Gasteiger partial charge on any atom is 0.338 e. The summed E-state index contributed by atoms with van der Waals surface area (Å²) in [4.78, 5) is 71.5. The SMILES string of the molecule is CCOC(=O)c1ccc(NC(=O)N[C@@H]2O[C@H](COC(C)=O)[C@H](OC(C)=O)[C@@H](OC(C)=O)[C@@H]2OC(C)=O)cc1. The molecule has 1 aliphatic heterocycles. The van der Waals surface area contributed by atoms with E-state index in [-0.39, 0.29) is 12.2 Å². The van der Waals surface area contributed by atoms with E-state index in [0.717, 1.165) is 27.7 Å². The normalized spacial score (nSPS) is 22.3. The first-order valence-electron chi connectivity index (χ1n) is 11.6. The molecule has 1 heterocycles. The van der Waals surface area contributed by atoms with Gasteiger partial charge in [0.2, 0.25) is 0 Å². The number of hydrogen-bond donors (Lipinski definition) is 2. The van der Waals surface area contributed by atoms with Crippen molar-refractivity contribution >= 4 is 41.6 Å². The topological polar surface area (TPSA) is 182 Å². The van der Waals surface area contributed by atoms with E-state index in [9.17, 15) is 28.8 Å². The van der Waals surface area contributed by atoms with Crippen LogP contribution in [0.2, 0.25) is 0 Å². The van der Waals surface area contributed by atoms with E-state index in [2.05, 4.69) is 10.6 Å². The highest BCUT2D eigenvalue weighted by Gasteiger charge is 2.52. The fourth-order valence-corrected chi connectivity index (χ4v) is 3.55. The number of carbonyl (C=O) groups is 6. The summed E-state index contributed by atoms with van der Waals surface area (Å²) < 4.78 is 31.6. The molecule has 1 saturated heterocycles. The predicted octanol–water partition coefficient (Wildman–Crippen LogP) is 1.07. The van der Waals surface area contributed by atoms with E-state index in [1.165, 1.54) is 24.3 Å². The number of carbonyl (C=O) groups excluding carboxylic acids is 6. The highest BCUT2D eigenvalue weighted by Crippen LogP contribution is 2.28. The molecule has 5 atom stereocenters. The lowest BCUT2D eigenvalue weighted by atomic mass is 9.97. The summed E-state index contributed by atoms with van der Waals surface area (Å²) in [5, 5.41) is 4.99. The Morgan fingerprint density at radius 2 is 1.32 bits per heavy atom. The molecule has 14 heteroatoms. The highest BCUT2D eigenvalue weighted by molar-refractivity contribution is 5.92. The van der Waals surface area contributed by atoms with Gasteiger partial charge in [-0.25, -0.2) is 9.59 Å². The Hall–Kier alpha value is -4.20. The van der Waals surface area contributed by atoms with Crippen molar-refractivity contribution < 1.29 is 57.2 Å². The van der Waals surface area contributed by atoms with Gasteiger partial charge in [0, 0.05) is 33.4 Å². The lowest BCUT2D eigenvalue weighted by Crippen LogP contribution is -2.66. The molecular weight excluding hydrogens is 508 g/mol. The van der Waals surface area contributed by atoms with Crippen LogP contribution >= 0.6 is 0 Å². The summed E-state index contributed by atoms with van der Waals surface area (Å²) in [6.45, 7) is 5.85. The average molecular weight is 539 g/mol. The van der Waals surface area contributed by atoms with Crippen LogP contribution in [0.1, 0.15) is 45.0 Å². The largest absolute Gasteiger partial charge is 0.463 e. The fourth-order valence-electron chi connectivity index (χ4n) is 3.55. The minimum atomic E-state index is -1.45. The number of benzene rings is 1. The molecular formula is C24H30N2O12. The Morgan fingerprint density at radius 3 is 1.84 bits per heavy atom. The highest BCUT2D eigenvalue weighted by atomic mass is 16.7. The molecule has 208 valence electrons. The maximum atomic E-state index is 12.8. The quantitative estimate of drug-likeness (QED) is 0.337. The van der Waals surface area contributed by atoms with Crippen LogP contribution < -0.4 is 10.6 Å². The van der Waals surface area contributed by atoms with Gasteiger partial charge in [-0.3, -0.25) is 19.2 Å². The Labute approximate surface area is 218 Å². The predicted molar refractivity (Wildman–Crippen MR) is 127 cm³/mol. The van der Waals surface area contributed by atoms with Crippen LogP contribution in [0.25, 0.3) is 0 Å². The van der Waals surface area contributed by atoms with Crippen molar-refractivity contribution in [3.63, 3.8) is 0 Å². The van der Waals surface area contributed by atoms with Crippen molar-refractivity contribution in [2.24, 2.45) is 0 Å². The van der Waals surface area contributed by atoms with Gasteiger partial charge in [0.05, 0.1) is 12.2 Å². The zero-order valence-electron chi connectivity index (χ0n) is 21.5. The van der Waals surface area contributed by atoms with Crippen LogP contribution in [0, 0.1) is 0 Å². The molecule has 1 aromatic rings. The molecule has 2 rings (SSSR count). The molecule has 2 amide bonds. The van der Waals surface area contributed by atoms with Gasteiger partial charge in [-0.05, 0) is 31.2 Å². The van der Waals surface area contributed by atoms with Crippen molar-refractivity contribution in [3.8, 4) is 0 Å². The standard InChI is InChI=1S/C24H30N2O12/c1-6-33-23(31)16-7-9-17(10-8-16)25-24(32)26-22-21(37-15(5)30)20(36-14(4)29)19(35-13(3)28)18(38-22)11-34-12(2)27/h7-10,18-22H,6,11H2,1-5H3,(H2,25,26,32)/t18-,19+,20-,21+,22-/m1/s1. The number of nitrogens with one attached hydrogen (secondary N) is 2. The lowest BCUT2D eigenvalue weighted by Gasteiger charge is -2.44. The Morgan fingerprint density at radius 1 is 0.763 bits per heavy atom. The van der Waals surface area contributed by atoms with Gasteiger partial charge in [0.1, 0.15) is 12.7 Å².